The molecule has 0 saturated carbocycles. The lowest BCUT2D eigenvalue weighted by atomic mass is 9.93. The number of hydrogen-bond acceptors (Lipinski definition) is 5. The predicted octanol–water partition coefficient (Wildman–Crippen LogP) is 5.55. The molecule has 0 aliphatic rings. The Bertz CT molecular complexity index is 1310. The molecule has 4 rings (SSSR count). The van der Waals surface area contributed by atoms with E-state index in [1.165, 1.54) is 0 Å². The molecule has 0 aliphatic heterocycles. The van der Waals surface area contributed by atoms with Crippen LogP contribution < -0.4 is 0 Å². The average Bonchev–Trinajstić information content (AvgIpc) is 3.37. The van der Waals surface area contributed by atoms with Crippen LogP contribution in [0.1, 0.15) is 94.7 Å². The van der Waals surface area contributed by atoms with Crippen molar-refractivity contribution in [3.8, 4) is 0 Å². The number of rotatable bonds is 6. The Hall–Kier alpha value is -3.03. The van der Waals surface area contributed by atoms with Gasteiger partial charge in [-0.2, -0.15) is 10.2 Å². The molecule has 7 heteroatoms. The maximum Gasteiger partial charge on any atom is 0.169 e. The average molecular weight is 479 g/mol. The number of aliphatic hydroxyl groups is 2. The lowest BCUT2D eigenvalue weighted by Gasteiger charge is -2.16. The number of aromatic nitrogens is 4. The van der Waals surface area contributed by atoms with Crippen LogP contribution in [0.5, 0.6) is 0 Å². The number of carbonyl (C=O) groups is 1. The highest BCUT2D eigenvalue weighted by atomic mass is 16.3. The first-order valence-corrected chi connectivity index (χ1v) is 12.2. The number of fused-ring (bicyclic) bond motifs is 2. The van der Waals surface area contributed by atoms with Crippen molar-refractivity contribution >= 4 is 16.8 Å². The lowest BCUT2D eigenvalue weighted by Crippen LogP contribution is -2.21. The first kappa shape index (κ1) is 26.6. The van der Waals surface area contributed by atoms with Gasteiger partial charge in [0.25, 0.3) is 0 Å². The van der Waals surface area contributed by atoms with E-state index in [1.54, 1.807) is 24.6 Å². The van der Waals surface area contributed by atoms with Gasteiger partial charge in [-0.25, -0.2) is 9.03 Å². The summed E-state index contributed by atoms with van der Waals surface area (Å²) in [6.45, 7) is 15.3. The van der Waals surface area contributed by atoms with Gasteiger partial charge in [-0.05, 0) is 49.9 Å². The third-order valence-electron chi connectivity index (χ3n) is 5.97. The summed E-state index contributed by atoms with van der Waals surface area (Å²) in [6, 6.07) is 11.5. The van der Waals surface area contributed by atoms with E-state index in [2.05, 4.69) is 24.0 Å². The zero-order chi connectivity index (χ0) is 26.1. The highest BCUT2D eigenvalue weighted by Gasteiger charge is 2.30. The number of Topliss-reactive ketones (excluding diaryl/α,β-unsaturated/α-hetero) is 1. The molecule has 0 bridgehead atoms. The van der Waals surface area contributed by atoms with E-state index in [0.717, 1.165) is 22.3 Å². The SMILES string of the molecule is CC(C)C(=O)c1c(C(C)(C)O)nn2ccccc12.CC(C)c1nn2ccccc2c1C(O)C(C)C. The molecule has 35 heavy (non-hydrogen) atoms. The number of nitrogens with zero attached hydrogens (tertiary/aromatic N) is 4. The highest BCUT2D eigenvalue weighted by molar-refractivity contribution is 6.04. The largest absolute Gasteiger partial charge is 0.388 e. The van der Waals surface area contributed by atoms with Gasteiger partial charge in [-0.15, -0.1) is 0 Å². The number of hydrogen-bond donors (Lipinski definition) is 2. The second-order valence-corrected chi connectivity index (χ2v) is 10.5. The van der Waals surface area contributed by atoms with Crippen LogP contribution in [-0.4, -0.2) is 35.2 Å². The number of ketones is 1. The summed E-state index contributed by atoms with van der Waals surface area (Å²) in [7, 11) is 0. The second-order valence-electron chi connectivity index (χ2n) is 10.5. The van der Waals surface area contributed by atoms with E-state index < -0.39 is 11.7 Å². The Morgan fingerprint density at radius 2 is 1.43 bits per heavy atom. The second kappa shape index (κ2) is 10.3. The Labute approximate surface area is 207 Å². The molecule has 0 radical (unpaired) electrons. The third-order valence-corrected chi connectivity index (χ3v) is 5.97. The molecule has 0 aliphatic carbocycles. The van der Waals surface area contributed by atoms with Gasteiger partial charge in [0.1, 0.15) is 11.3 Å². The van der Waals surface area contributed by atoms with Gasteiger partial charge < -0.3 is 10.2 Å². The Balaban J connectivity index is 0.000000196. The minimum atomic E-state index is -1.13. The third kappa shape index (κ3) is 5.46. The van der Waals surface area contributed by atoms with Gasteiger partial charge in [0.15, 0.2) is 5.78 Å². The summed E-state index contributed by atoms with van der Waals surface area (Å²) in [5.74, 6) is 0.395. The van der Waals surface area contributed by atoms with Crippen molar-refractivity contribution < 1.29 is 15.0 Å². The van der Waals surface area contributed by atoms with Crippen LogP contribution in [0.25, 0.3) is 11.0 Å². The summed E-state index contributed by atoms with van der Waals surface area (Å²) in [5, 5.41) is 29.4. The number of aliphatic hydroxyl groups excluding tert-OH is 1. The first-order chi connectivity index (χ1) is 16.3. The zero-order valence-electron chi connectivity index (χ0n) is 22.0. The molecule has 4 aromatic heterocycles. The molecule has 2 N–H and O–H groups in total. The monoisotopic (exact) mass is 478 g/mol. The van der Waals surface area contributed by atoms with Crippen LogP contribution in [0.2, 0.25) is 0 Å². The summed E-state index contributed by atoms with van der Waals surface area (Å²) in [5.41, 5.74) is 3.57. The van der Waals surface area contributed by atoms with E-state index >= 15 is 0 Å². The fourth-order valence-electron chi connectivity index (χ4n) is 4.06. The van der Waals surface area contributed by atoms with Gasteiger partial charge in [0.05, 0.1) is 28.4 Å². The molecule has 1 atom stereocenters. The van der Waals surface area contributed by atoms with Crippen LogP contribution in [0.3, 0.4) is 0 Å². The van der Waals surface area contributed by atoms with Gasteiger partial charge >= 0.3 is 0 Å². The van der Waals surface area contributed by atoms with E-state index in [9.17, 15) is 15.0 Å². The fourth-order valence-corrected chi connectivity index (χ4v) is 4.06. The molecular formula is C28H38N4O3. The molecule has 188 valence electrons. The number of carbonyl (C=O) groups excluding carboxylic acids is 1. The van der Waals surface area contributed by atoms with Crippen molar-refractivity contribution in [1.82, 2.24) is 19.2 Å². The Morgan fingerprint density at radius 1 is 0.886 bits per heavy atom. The van der Waals surface area contributed by atoms with Crippen molar-refractivity contribution in [1.29, 1.82) is 0 Å². The van der Waals surface area contributed by atoms with E-state index in [1.807, 2.05) is 74.8 Å². The van der Waals surface area contributed by atoms with Crippen LogP contribution in [0.4, 0.5) is 0 Å². The molecule has 0 spiro atoms. The molecule has 0 amide bonds. The Morgan fingerprint density at radius 3 is 1.91 bits per heavy atom. The molecule has 4 aromatic rings. The van der Waals surface area contributed by atoms with Crippen molar-refractivity contribution in [2.24, 2.45) is 11.8 Å². The van der Waals surface area contributed by atoms with Crippen molar-refractivity contribution in [3.63, 3.8) is 0 Å². The minimum absolute atomic E-state index is 0.00771. The predicted molar refractivity (Wildman–Crippen MR) is 139 cm³/mol. The molecule has 1 unspecified atom stereocenters. The maximum absolute atomic E-state index is 12.3. The summed E-state index contributed by atoms with van der Waals surface area (Å²) in [4.78, 5) is 12.3. The first-order valence-electron chi connectivity index (χ1n) is 12.2. The zero-order valence-corrected chi connectivity index (χ0v) is 22.0. The highest BCUT2D eigenvalue weighted by Crippen LogP contribution is 2.32. The van der Waals surface area contributed by atoms with Crippen molar-refractivity contribution in [2.75, 3.05) is 0 Å². The maximum atomic E-state index is 12.3. The van der Waals surface area contributed by atoms with Gasteiger partial charge in [0, 0.05) is 23.9 Å². The van der Waals surface area contributed by atoms with Crippen LogP contribution in [-0.2, 0) is 5.60 Å². The smallest absolute Gasteiger partial charge is 0.169 e. The normalized spacial score (nSPS) is 13.1. The molecule has 0 saturated heterocycles. The summed E-state index contributed by atoms with van der Waals surface area (Å²) >= 11 is 0. The van der Waals surface area contributed by atoms with E-state index in [4.69, 9.17) is 0 Å². The minimum Gasteiger partial charge on any atom is -0.388 e. The Kier molecular flexibility index (Phi) is 7.82. The quantitative estimate of drug-likeness (QED) is 0.355. The molecular weight excluding hydrogens is 440 g/mol. The summed E-state index contributed by atoms with van der Waals surface area (Å²) in [6.07, 6.45) is 3.26. The van der Waals surface area contributed by atoms with Gasteiger partial charge in [0.2, 0.25) is 0 Å². The molecule has 7 nitrogen and oxygen atoms in total. The topological polar surface area (TPSA) is 92.1 Å². The van der Waals surface area contributed by atoms with E-state index in [-0.39, 0.29) is 17.6 Å². The fraction of sp³-hybridized carbons (Fsp3) is 0.464. The van der Waals surface area contributed by atoms with Crippen molar-refractivity contribution in [3.05, 3.63) is 71.3 Å². The molecule has 0 aromatic carbocycles. The molecule has 0 fully saturated rings. The lowest BCUT2D eigenvalue weighted by molar-refractivity contribution is 0.0702. The molecule has 4 heterocycles. The van der Waals surface area contributed by atoms with Crippen LogP contribution in [0.15, 0.2) is 48.8 Å². The van der Waals surface area contributed by atoms with Crippen LogP contribution in [0, 0.1) is 11.8 Å². The van der Waals surface area contributed by atoms with E-state index in [0.29, 0.717) is 17.2 Å². The number of pyridine rings is 2. The van der Waals surface area contributed by atoms with Gasteiger partial charge in [-0.3, -0.25) is 4.79 Å². The summed E-state index contributed by atoms with van der Waals surface area (Å²) < 4.78 is 3.50. The van der Waals surface area contributed by atoms with Gasteiger partial charge in [-0.1, -0.05) is 53.7 Å². The van der Waals surface area contributed by atoms with Crippen LogP contribution >= 0.6 is 0 Å². The van der Waals surface area contributed by atoms with Crippen molar-refractivity contribution in [2.45, 2.75) is 73.0 Å². The standard InChI is InChI=1S/C14H18N2O2.C14H20N2O/c1-9(2)12(17)11-10-7-5-6-8-16(10)15-13(11)14(3,4)18;1-9(2)13-12(14(17)10(3)4)11-7-5-6-8-16(11)15-13/h5-9,18H,1-4H3;5-10,14,17H,1-4H3.